The van der Waals surface area contributed by atoms with E-state index in [4.69, 9.17) is 5.11 Å². The first-order valence-electron chi connectivity index (χ1n) is 6.47. The van der Waals surface area contributed by atoms with Crippen LogP contribution < -0.4 is 5.32 Å². The van der Waals surface area contributed by atoms with Gasteiger partial charge in [0, 0.05) is 12.0 Å². The summed E-state index contributed by atoms with van der Waals surface area (Å²) in [6.07, 6.45) is 0.337. The first-order chi connectivity index (χ1) is 10.2. The summed E-state index contributed by atoms with van der Waals surface area (Å²) in [4.78, 5) is 12.2. The van der Waals surface area contributed by atoms with E-state index in [9.17, 15) is 9.18 Å². The Morgan fingerprint density at radius 3 is 2.62 bits per heavy atom. The van der Waals surface area contributed by atoms with E-state index in [0.717, 1.165) is 0 Å². The molecule has 0 aliphatic rings. The van der Waals surface area contributed by atoms with Gasteiger partial charge in [-0.2, -0.15) is 0 Å². The highest BCUT2D eigenvalue weighted by molar-refractivity contribution is 6.06. The lowest BCUT2D eigenvalue weighted by Gasteiger charge is -2.07. The Morgan fingerprint density at radius 1 is 1.14 bits per heavy atom. The highest BCUT2D eigenvalue weighted by Gasteiger charge is 2.11. The molecule has 2 N–H and O–H groups in total. The van der Waals surface area contributed by atoms with Gasteiger partial charge in [0.05, 0.1) is 17.9 Å². The van der Waals surface area contributed by atoms with Crippen LogP contribution >= 0.6 is 0 Å². The fraction of sp³-hybridized carbons (Fsp3) is 0.118. The Balaban J connectivity index is 2.24. The van der Waals surface area contributed by atoms with E-state index >= 15 is 0 Å². The summed E-state index contributed by atoms with van der Waals surface area (Å²) in [6.45, 7) is -0.0312. The largest absolute Gasteiger partial charge is 0.395 e. The van der Waals surface area contributed by atoms with E-state index in [1.165, 1.54) is 12.1 Å². The van der Waals surface area contributed by atoms with Crippen molar-refractivity contribution in [3.63, 3.8) is 0 Å². The van der Waals surface area contributed by atoms with Crippen molar-refractivity contribution in [2.45, 2.75) is 6.42 Å². The lowest BCUT2D eigenvalue weighted by Crippen LogP contribution is -2.14. The highest BCUT2D eigenvalue weighted by atomic mass is 19.1. The molecule has 0 saturated carbocycles. The molecular formula is C17H14FNO2. The normalized spacial score (nSPS) is 9.62. The Hall–Kier alpha value is -2.64. The molecule has 0 fully saturated rings. The molecule has 0 heterocycles. The number of halogens is 1. The molecule has 0 aliphatic carbocycles. The van der Waals surface area contributed by atoms with E-state index in [1.807, 2.05) is 0 Å². The van der Waals surface area contributed by atoms with Gasteiger partial charge in [-0.05, 0) is 24.3 Å². The molecule has 1 amide bonds. The van der Waals surface area contributed by atoms with Crippen LogP contribution in [0.15, 0.2) is 48.5 Å². The number of anilines is 1. The van der Waals surface area contributed by atoms with Gasteiger partial charge in [-0.15, -0.1) is 0 Å². The van der Waals surface area contributed by atoms with Crippen LogP contribution in [0.25, 0.3) is 0 Å². The Labute approximate surface area is 122 Å². The predicted octanol–water partition coefficient (Wildman–Crippen LogP) is 2.81. The molecule has 0 radical (unpaired) electrons. The average Bonchev–Trinajstić information content (AvgIpc) is 2.50. The number of carbonyl (C=O) groups excluding carboxylic acids is 1. The maximum atomic E-state index is 13.5. The van der Waals surface area contributed by atoms with E-state index in [0.29, 0.717) is 17.5 Å². The molecule has 4 heteroatoms. The van der Waals surface area contributed by atoms with Gasteiger partial charge in [0.2, 0.25) is 0 Å². The summed E-state index contributed by atoms with van der Waals surface area (Å²) in [5.74, 6) is 4.69. The molecule has 0 spiro atoms. The maximum Gasteiger partial charge on any atom is 0.257 e. The summed E-state index contributed by atoms with van der Waals surface area (Å²) in [5.41, 5.74) is 1.03. The molecule has 2 aromatic carbocycles. The van der Waals surface area contributed by atoms with E-state index in [-0.39, 0.29) is 12.3 Å². The van der Waals surface area contributed by atoms with E-state index in [1.54, 1.807) is 36.4 Å². The lowest BCUT2D eigenvalue weighted by molar-refractivity contribution is 0.102. The van der Waals surface area contributed by atoms with Crippen LogP contribution in [0.2, 0.25) is 0 Å². The zero-order chi connectivity index (χ0) is 15.1. The second kappa shape index (κ2) is 7.22. The van der Waals surface area contributed by atoms with Crippen LogP contribution in [0.4, 0.5) is 10.1 Å². The van der Waals surface area contributed by atoms with Crippen LogP contribution in [0.1, 0.15) is 22.3 Å². The Bertz CT molecular complexity index is 701. The Morgan fingerprint density at radius 2 is 1.86 bits per heavy atom. The number of amides is 1. The number of nitrogens with one attached hydrogen (secondary N) is 1. The SMILES string of the molecule is O=C(Nc1ccccc1F)c1ccccc1C#CCCO. The minimum absolute atomic E-state index is 0.0312. The summed E-state index contributed by atoms with van der Waals surface area (Å²) >= 11 is 0. The topological polar surface area (TPSA) is 49.3 Å². The van der Waals surface area contributed by atoms with Crippen molar-refractivity contribution in [1.82, 2.24) is 0 Å². The van der Waals surface area contributed by atoms with Gasteiger partial charge >= 0.3 is 0 Å². The summed E-state index contributed by atoms with van der Waals surface area (Å²) < 4.78 is 13.5. The third kappa shape index (κ3) is 3.91. The monoisotopic (exact) mass is 283 g/mol. The number of hydrogen-bond donors (Lipinski definition) is 2. The van der Waals surface area contributed by atoms with Crippen LogP contribution in [0.5, 0.6) is 0 Å². The molecule has 2 aromatic rings. The van der Waals surface area contributed by atoms with Crippen LogP contribution in [-0.4, -0.2) is 17.6 Å². The van der Waals surface area contributed by atoms with Crippen molar-refractivity contribution >= 4 is 11.6 Å². The molecule has 0 aromatic heterocycles. The zero-order valence-electron chi connectivity index (χ0n) is 11.3. The fourth-order valence-electron chi connectivity index (χ4n) is 1.76. The molecule has 0 bridgehead atoms. The highest BCUT2D eigenvalue weighted by Crippen LogP contribution is 2.15. The van der Waals surface area contributed by atoms with Crippen molar-refractivity contribution in [3.05, 3.63) is 65.5 Å². The molecular weight excluding hydrogens is 269 g/mol. The number of hydrogen-bond acceptors (Lipinski definition) is 2. The molecule has 2 rings (SSSR count). The second-order valence-electron chi connectivity index (χ2n) is 4.25. The zero-order valence-corrected chi connectivity index (χ0v) is 11.3. The van der Waals surface area contributed by atoms with Gasteiger partial charge in [0.1, 0.15) is 5.82 Å². The molecule has 0 saturated heterocycles. The first kappa shape index (κ1) is 14.8. The van der Waals surface area contributed by atoms with Gasteiger partial charge in [-0.1, -0.05) is 36.1 Å². The quantitative estimate of drug-likeness (QED) is 0.851. The standard InChI is InChI=1S/C17H14FNO2/c18-15-10-3-4-11-16(15)19-17(21)14-9-2-1-7-13(14)8-5-6-12-20/h1-4,7,9-11,20H,6,12H2,(H,19,21). The molecule has 21 heavy (non-hydrogen) atoms. The summed E-state index contributed by atoms with van der Waals surface area (Å²) in [7, 11) is 0. The third-order valence-corrected chi connectivity index (χ3v) is 2.75. The van der Waals surface area contributed by atoms with Gasteiger partial charge in [0.15, 0.2) is 0 Å². The predicted molar refractivity (Wildman–Crippen MR) is 79.4 cm³/mol. The molecule has 3 nitrogen and oxygen atoms in total. The number of aliphatic hydroxyl groups excluding tert-OH is 1. The molecule has 0 aliphatic heterocycles. The Kier molecular flexibility index (Phi) is 5.08. The molecule has 0 unspecified atom stereocenters. The maximum absolute atomic E-state index is 13.5. The fourth-order valence-corrected chi connectivity index (χ4v) is 1.76. The van der Waals surface area contributed by atoms with Crippen molar-refractivity contribution in [2.24, 2.45) is 0 Å². The number of carbonyl (C=O) groups is 1. The summed E-state index contributed by atoms with van der Waals surface area (Å²) in [6, 6.07) is 12.8. The van der Waals surface area contributed by atoms with Crippen LogP contribution in [0, 0.1) is 17.7 Å². The van der Waals surface area contributed by atoms with Gasteiger partial charge in [0.25, 0.3) is 5.91 Å². The smallest absolute Gasteiger partial charge is 0.257 e. The molecule has 0 atom stereocenters. The minimum Gasteiger partial charge on any atom is -0.395 e. The number of para-hydroxylation sites is 1. The van der Waals surface area contributed by atoms with E-state index < -0.39 is 11.7 Å². The van der Waals surface area contributed by atoms with Gasteiger partial charge < -0.3 is 10.4 Å². The number of aliphatic hydroxyl groups is 1. The number of rotatable bonds is 3. The second-order valence-corrected chi connectivity index (χ2v) is 4.25. The molecule has 106 valence electrons. The van der Waals surface area contributed by atoms with Crippen LogP contribution in [-0.2, 0) is 0 Å². The van der Waals surface area contributed by atoms with Gasteiger partial charge in [-0.25, -0.2) is 4.39 Å². The van der Waals surface area contributed by atoms with Crippen molar-refractivity contribution in [2.75, 3.05) is 11.9 Å². The van der Waals surface area contributed by atoms with Crippen LogP contribution in [0.3, 0.4) is 0 Å². The number of benzene rings is 2. The van der Waals surface area contributed by atoms with E-state index in [2.05, 4.69) is 17.2 Å². The summed E-state index contributed by atoms with van der Waals surface area (Å²) in [5, 5.41) is 11.3. The van der Waals surface area contributed by atoms with Crippen molar-refractivity contribution in [3.8, 4) is 11.8 Å². The lowest BCUT2D eigenvalue weighted by atomic mass is 10.1. The van der Waals surface area contributed by atoms with Crippen molar-refractivity contribution in [1.29, 1.82) is 0 Å². The third-order valence-electron chi connectivity index (χ3n) is 2.75. The minimum atomic E-state index is -0.491. The van der Waals surface area contributed by atoms with Crippen molar-refractivity contribution < 1.29 is 14.3 Å². The average molecular weight is 283 g/mol. The van der Waals surface area contributed by atoms with Gasteiger partial charge in [-0.3, -0.25) is 4.79 Å². The first-order valence-corrected chi connectivity index (χ1v) is 6.47.